The molecule has 15 heteroatoms. The molecule has 5 fully saturated rings. The first-order chi connectivity index (χ1) is 28.8. The van der Waals surface area contributed by atoms with Crippen LogP contribution in [0.2, 0.25) is 0 Å². The molecule has 318 valence electrons. The molecular formula is C45H57N9O5S. The Morgan fingerprint density at radius 1 is 1.03 bits per heavy atom. The Hall–Kier alpha value is -4.70. The maximum absolute atomic E-state index is 12.9. The number of fused-ring (bicyclic) bond motifs is 2. The van der Waals surface area contributed by atoms with Crippen molar-refractivity contribution >= 4 is 61.9 Å². The van der Waals surface area contributed by atoms with Crippen LogP contribution in [0.25, 0.3) is 15.8 Å². The van der Waals surface area contributed by atoms with E-state index < -0.39 is 5.97 Å². The number of carbonyl (C=O) groups is 1. The molecular weight excluding hydrogens is 779 g/mol. The van der Waals surface area contributed by atoms with Crippen molar-refractivity contribution in [2.24, 2.45) is 16.2 Å². The fraction of sp³-hybridized carbons (Fsp3) is 0.556. The summed E-state index contributed by atoms with van der Waals surface area (Å²) in [5, 5.41) is 36.1. The van der Waals surface area contributed by atoms with E-state index in [4.69, 9.17) is 29.6 Å². The number of thiazole rings is 1. The van der Waals surface area contributed by atoms with Crippen molar-refractivity contribution < 1.29 is 24.1 Å². The zero-order valence-corrected chi connectivity index (χ0v) is 36.3. The van der Waals surface area contributed by atoms with Gasteiger partial charge in [0.15, 0.2) is 22.5 Å². The molecule has 10 rings (SSSR count). The molecule has 4 saturated carbocycles. The predicted octanol–water partition coefficient (Wildman–Crippen LogP) is 7.76. The molecule has 4 aromatic rings. The standard InChI is InChI=1S/C45H57N9O5S/c1-28-31-7-6-12-54(39(31)52-51-38(28)50-41-48-34-19-30(57-5)8-10-35(34)60-41)36-11-9-32(37(49-36)40(55)56)33(20-46)29(2)47-27-44-22-42(3)21-43(4,23-44)25-45(24-42,26-44)59-18-15-53-13-16-58-17-14-53/h8-11,19-20,46-47H,6-7,12-18,21-27H2,1-5H3,(H,55,56)(H,48,50,51)/b33-29+,46-20?. The van der Waals surface area contributed by atoms with Gasteiger partial charge in [-0.05, 0) is 106 Å². The number of carboxylic acid groups (broad SMARTS) is 1. The molecule has 4 N–H and O–H groups in total. The average molecular weight is 836 g/mol. The number of hydrogen-bond acceptors (Lipinski definition) is 14. The van der Waals surface area contributed by atoms with Crippen molar-refractivity contribution in [1.82, 2.24) is 30.4 Å². The van der Waals surface area contributed by atoms with E-state index in [2.05, 4.69) is 39.6 Å². The summed E-state index contributed by atoms with van der Waals surface area (Å²) in [7, 11) is 1.64. The molecule has 1 saturated heterocycles. The van der Waals surface area contributed by atoms with Crippen LogP contribution in [0.3, 0.4) is 0 Å². The SMILES string of the molecule is COc1ccc2sc(Nc3nnc4c(c3C)CCCN4c3ccc(/C(C=N)=C(\C)NCC45CC6(C)CC(C)(C4)CC(OCCN4CCOCC4)(C6)C5)c(C(=O)O)n3)nc2c1. The molecule has 3 aromatic heterocycles. The average Bonchev–Trinajstić information content (AvgIpc) is 3.62. The van der Waals surface area contributed by atoms with Crippen molar-refractivity contribution in [2.75, 3.05) is 69.9 Å². The van der Waals surface area contributed by atoms with Crippen molar-refractivity contribution in [1.29, 1.82) is 5.41 Å². The third kappa shape index (κ3) is 7.73. The highest BCUT2D eigenvalue weighted by molar-refractivity contribution is 7.22. The number of aromatic nitrogens is 4. The van der Waals surface area contributed by atoms with Crippen LogP contribution in [0.4, 0.5) is 22.6 Å². The Balaban J connectivity index is 0.936. The number of anilines is 4. The van der Waals surface area contributed by atoms with Gasteiger partial charge in [0.2, 0.25) is 0 Å². The number of ether oxygens (including phenoxy) is 3. The second-order valence-electron chi connectivity index (χ2n) is 18.8. The first-order valence-electron chi connectivity index (χ1n) is 21.3. The number of benzene rings is 1. The number of morpholine rings is 1. The van der Waals surface area contributed by atoms with Crippen LogP contribution in [0, 0.1) is 28.6 Å². The highest BCUT2D eigenvalue weighted by atomic mass is 32.1. The number of nitrogens with one attached hydrogen (secondary N) is 3. The van der Waals surface area contributed by atoms with Crippen LogP contribution >= 0.6 is 11.3 Å². The van der Waals surface area contributed by atoms with Gasteiger partial charge in [-0.15, -0.1) is 10.2 Å². The quantitative estimate of drug-likeness (QED) is 0.0910. The van der Waals surface area contributed by atoms with E-state index in [1.165, 1.54) is 24.0 Å². The van der Waals surface area contributed by atoms with Crippen LogP contribution in [-0.4, -0.2) is 108 Å². The monoisotopic (exact) mass is 835 g/mol. The summed E-state index contributed by atoms with van der Waals surface area (Å²) in [5.41, 5.74) is 4.75. The van der Waals surface area contributed by atoms with Gasteiger partial charge in [0, 0.05) is 73.0 Å². The van der Waals surface area contributed by atoms with Crippen molar-refractivity contribution in [3.8, 4) is 5.75 Å². The van der Waals surface area contributed by atoms with E-state index >= 15 is 0 Å². The fourth-order valence-corrected chi connectivity index (χ4v) is 13.1. The molecule has 0 spiro atoms. The van der Waals surface area contributed by atoms with Gasteiger partial charge in [0.05, 0.1) is 42.7 Å². The van der Waals surface area contributed by atoms with E-state index in [1.54, 1.807) is 13.2 Å². The number of carboxylic acids is 1. The van der Waals surface area contributed by atoms with Gasteiger partial charge in [-0.25, -0.2) is 14.8 Å². The third-order valence-electron chi connectivity index (χ3n) is 13.7. The van der Waals surface area contributed by atoms with Gasteiger partial charge in [-0.3, -0.25) is 4.90 Å². The highest BCUT2D eigenvalue weighted by Crippen LogP contribution is 2.71. The highest BCUT2D eigenvalue weighted by Gasteiger charge is 2.66. The zero-order chi connectivity index (χ0) is 41.9. The number of hydrogen-bond donors (Lipinski definition) is 4. The molecule has 0 amide bonds. The molecule has 2 unspecified atom stereocenters. The van der Waals surface area contributed by atoms with Crippen LogP contribution in [0.15, 0.2) is 36.0 Å². The maximum Gasteiger partial charge on any atom is 0.355 e. The second kappa shape index (κ2) is 15.6. The lowest BCUT2D eigenvalue weighted by molar-refractivity contribution is -0.244. The number of aromatic carboxylic acids is 1. The van der Waals surface area contributed by atoms with Crippen LogP contribution in [0.5, 0.6) is 5.75 Å². The molecule has 2 atom stereocenters. The molecule has 0 radical (unpaired) electrons. The maximum atomic E-state index is 12.9. The summed E-state index contributed by atoms with van der Waals surface area (Å²) in [6.07, 6.45) is 9.61. The summed E-state index contributed by atoms with van der Waals surface area (Å²) < 4.78 is 18.9. The minimum atomic E-state index is -1.15. The minimum Gasteiger partial charge on any atom is -0.497 e. The fourth-order valence-electron chi connectivity index (χ4n) is 12.3. The molecule has 6 aliphatic rings. The summed E-state index contributed by atoms with van der Waals surface area (Å²) in [4.78, 5) is 26.8. The molecule has 14 nitrogen and oxygen atoms in total. The van der Waals surface area contributed by atoms with Gasteiger partial charge >= 0.3 is 5.97 Å². The molecule has 5 heterocycles. The number of pyridine rings is 1. The molecule has 2 aliphatic heterocycles. The van der Waals surface area contributed by atoms with E-state index in [-0.39, 0.29) is 27.5 Å². The lowest BCUT2D eigenvalue weighted by Crippen LogP contribution is -2.65. The Labute approximate surface area is 355 Å². The molecule has 60 heavy (non-hydrogen) atoms. The minimum absolute atomic E-state index is 0.0437. The van der Waals surface area contributed by atoms with Gasteiger partial charge < -0.3 is 40.3 Å². The van der Waals surface area contributed by atoms with E-state index in [0.29, 0.717) is 40.3 Å². The topological polar surface area (TPSA) is 171 Å². The van der Waals surface area contributed by atoms with Crippen molar-refractivity contribution in [3.63, 3.8) is 0 Å². The summed E-state index contributed by atoms with van der Waals surface area (Å²) in [6, 6.07) is 9.45. The van der Waals surface area contributed by atoms with Gasteiger partial charge in [0.1, 0.15) is 11.6 Å². The molecule has 4 bridgehead atoms. The molecule has 1 aromatic carbocycles. The smallest absolute Gasteiger partial charge is 0.355 e. The first-order valence-corrected chi connectivity index (χ1v) is 22.1. The summed E-state index contributed by atoms with van der Waals surface area (Å²) >= 11 is 1.53. The number of rotatable bonds is 14. The Morgan fingerprint density at radius 3 is 2.55 bits per heavy atom. The van der Waals surface area contributed by atoms with E-state index in [0.717, 1.165) is 124 Å². The van der Waals surface area contributed by atoms with E-state index in [1.807, 2.05) is 43.0 Å². The second-order valence-corrected chi connectivity index (χ2v) is 19.8. The van der Waals surface area contributed by atoms with E-state index in [9.17, 15) is 9.90 Å². The van der Waals surface area contributed by atoms with Crippen molar-refractivity contribution in [2.45, 2.75) is 84.7 Å². The zero-order valence-electron chi connectivity index (χ0n) is 35.4. The lowest BCUT2D eigenvalue weighted by atomic mass is 9.39. The Morgan fingerprint density at radius 2 is 1.82 bits per heavy atom. The van der Waals surface area contributed by atoms with Crippen LogP contribution in [0.1, 0.15) is 92.9 Å². The van der Waals surface area contributed by atoms with Gasteiger partial charge in [-0.2, -0.15) is 0 Å². The lowest BCUT2D eigenvalue weighted by Gasteiger charge is -2.69. The molecule has 4 aliphatic carbocycles. The largest absolute Gasteiger partial charge is 0.497 e. The number of nitrogens with zero attached hydrogens (tertiary/aromatic N) is 6. The first kappa shape index (κ1) is 40.7. The van der Waals surface area contributed by atoms with Crippen LogP contribution < -0.4 is 20.3 Å². The number of allylic oxidation sites excluding steroid dienone is 2. The summed E-state index contributed by atoms with van der Waals surface area (Å²) in [5.74, 6) is 1.38. The third-order valence-corrected chi connectivity index (χ3v) is 14.7. The normalized spacial score (nSPS) is 27.7. The van der Waals surface area contributed by atoms with Crippen molar-refractivity contribution in [3.05, 3.63) is 58.4 Å². The van der Waals surface area contributed by atoms with Crippen LogP contribution in [-0.2, 0) is 15.9 Å². The van der Waals surface area contributed by atoms with Gasteiger partial charge in [-0.1, -0.05) is 25.2 Å². The Kier molecular flexibility index (Phi) is 10.6. The van der Waals surface area contributed by atoms with Gasteiger partial charge in [0.25, 0.3) is 0 Å². The Bertz CT molecular complexity index is 2340. The summed E-state index contributed by atoms with van der Waals surface area (Å²) in [6.45, 7) is 15.4. The predicted molar refractivity (Wildman–Crippen MR) is 234 cm³/mol. The number of methoxy groups -OCH3 is 1.